The van der Waals surface area contributed by atoms with Gasteiger partial charge in [-0.3, -0.25) is 9.63 Å². The van der Waals surface area contributed by atoms with E-state index in [2.05, 4.69) is 27.3 Å². The predicted octanol–water partition coefficient (Wildman–Crippen LogP) is 7.06. The molecule has 0 aliphatic rings. The highest BCUT2D eigenvalue weighted by Gasteiger charge is 2.22. The van der Waals surface area contributed by atoms with Gasteiger partial charge < -0.3 is 10.1 Å². The first kappa shape index (κ1) is 33.3. The van der Waals surface area contributed by atoms with Gasteiger partial charge in [0, 0.05) is 18.1 Å². The second-order valence-electron chi connectivity index (χ2n) is 10.0. The molecule has 1 unspecified atom stereocenters. The van der Waals surface area contributed by atoms with Crippen LogP contribution in [-0.4, -0.2) is 46.6 Å². The molecule has 41 heavy (non-hydrogen) atoms. The first-order valence-corrected chi connectivity index (χ1v) is 15.0. The zero-order valence-corrected chi connectivity index (χ0v) is 25.7. The Balaban J connectivity index is 0.00000187. The molecule has 1 heterocycles. The van der Waals surface area contributed by atoms with E-state index in [1.54, 1.807) is 17.8 Å². The molecule has 3 aromatic rings. The maximum Gasteiger partial charge on any atom is 0.266 e. The topological polar surface area (TPSA) is 85.4 Å². The number of thioether (sulfide) groups is 1. The molecule has 1 amide bonds. The number of nitrogens with one attached hydrogen (secondary N) is 2. The van der Waals surface area contributed by atoms with Gasteiger partial charge in [0.05, 0.1) is 11.3 Å². The molecule has 2 N–H and O–H groups in total. The van der Waals surface area contributed by atoms with Crippen LogP contribution < -0.4 is 15.5 Å². The normalized spacial score (nSPS) is 12.2. The number of hydrogen-bond acceptors (Lipinski definition) is 7. The number of nitrogens with zero attached hydrogens (tertiary/aromatic N) is 2. The smallest absolute Gasteiger partial charge is 0.266 e. The summed E-state index contributed by atoms with van der Waals surface area (Å²) in [7, 11) is 0. The number of allylic oxidation sites excluding steroid dienone is 3. The number of carbonyl (C=O) groups is 1. The van der Waals surface area contributed by atoms with Crippen molar-refractivity contribution in [1.29, 1.82) is 0 Å². The summed E-state index contributed by atoms with van der Waals surface area (Å²) in [6.07, 6.45) is 13.7. The van der Waals surface area contributed by atoms with E-state index in [9.17, 15) is 4.79 Å². The zero-order valence-electron chi connectivity index (χ0n) is 24.9. The van der Waals surface area contributed by atoms with Gasteiger partial charge in [0.15, 0.2) is 0 Å². The van der Waals surface area contributed by atoms with Crippen LogP contribution in [0.2, 0.25) is 0 Å². The molecule has 0 aliphatic carbocycles. The van der Waals surface area contributed by atoms with E-state index in [4.69, 9.17) is 9.57 Å². The van der Waals surface area contributed by atoms with Gasteiger partial charge in [-0.05, 0) is 75.6 Å². The van der Waals surface area contributed by atoms with E-state index in [0.29, 0.717) is 18.8 Å². The van der Waals surface area contributed by atoms with Crippen LogP contribution >= 0.6 is 11.8 Å². The minimum atomic E-state index is -0.604. The van der Waals surface area contributed by atoms with Gasteiger partial charge in [0.25, 0.3) is 5.91 Å². The van der Waals surface area contributed by atoms with E-state index in [1.165, 1.54) is 6.33 Å². The van der Waals surface area contributed by atoms with Crippen LogP contribution in [0.4, 0.5) is 5.82 Å². The molecular weight excluding hydrogens is 532 g/mol. The third-order valence-corrected chi connectivity index (χ3v) is 5.37. The Hall–Kier alpha value is -3.88. The Morgan fingerprint density at radius 2 is 1.76 bits per heavy atom. The number of hydrogen-bond donors (Lipinski definition) is 2. The molecule has 3 rings (SSSR count). The van der Waals surface area contributed by atoms with Crippen molar-refractivity contribution >= 4 is 23.5 Å². The SMILES string of the molecule is C=C/C(=C\C=C/C)COc1ccc(-c2cc(NC(Cc3ccccc3)C(=O)NOC(C)(C)C)ncn2)cc1.CSC. The highest BCUT2D eigenvalue weighted by atomic mass is 32.2. The fraction of sp³-hybridized carbons (Fsp3) is 0.303. The van der Waals surface area contributed by atoms with E-state index in [0.717, 1.165) is 28.1 Å². The average molecular weight is 575 g/mol. The van der Waals surface area contributed by atoms with E-state index in [1.807, 2.05) is 119 Å². The number of aromatic nitrogens is 2. The molecule has 0 spiro atoms. The second kappa shape index (κ2) is 17.7. The lowest BCUT2D eigenvalue weighted by Crippen LogP contribution is -2.44. The van der Waals surface area contributed by atoms with Crippen molar-refractivity contribution in [1.82, 2.24) is 15.4 Å². The third kappa shape index (κ3) is 12.9. The summed E-state index contributed by atoms with van der Waals surface area (Å²) < 4.78 is 5.88. The lowest BCUT2D eigenvalue weighted by molar-refractivity contribution is -0.146. The van der Waals surface area contributed by atoms with Gasteiger partial charge in [-0.25, -0.2) is 15.4 Å². The van der Waals surface area contributed by atoms with Crippen molar-refractivity contribution in [3.8, 4) is 17.0 Å². The molecule has 218 valence electrons. The second-order valence-corrected chi connectivity index (χ2v) is 10.9. The lowest BCUT2D eigenvalue weighted by atomic mass is 10.1. The van der Waals surface area contributed by atoms with Crippen molar-refractivity contribution < 1.29 is 14.4 Å². The first-order chi connectivity index (χ1) is 19.7. The fourth-order valence-electron chi connectivity index (χ4n) is 3.39. The maximum absolute atomic E-state index is 13.0. The first-order valence-electron chi connectivity index (χ1n) is 13.4. The number of rotatable bonds is 12. The molecular formula is C33H42N4O3S. The van der Waals surface area contributed by atoms with Gasteiger partial charge in [-0.2, -0.15) is 11.8 Å². The van der Waals surface area contributed by atoms with Crippen LogP contribution in [0.25, 0.3) is 11.3 Å². The molecule has 8 heteroatoms. The molecule has 0 aliphatic heterocycles. The number of benzene rings is 2. The minimum Gasteiger partial charge on any atom is -0.489 e. The van der Waals surface area contributed by atoms with Crippen molar-refractivity contribution in [2.24, 2.45) is 0 Å². The van der Waals surface area contributed by atoms with Crippen molar-refractivity contribution in [3.05, 3.63) is 109 Å². The standard InChI is InChI=1S/C31H36N4O3.C2H6S/c1-6-8-12-23(7-2)21-37-26-17-15-25(16-18-26)27-20-29(33-22-32-27)34-28(19-24-13-10-9-11-14-24)30(36)35-38-31(3,4)5;1-3-2/h6-18,20,22,28H,2,19,21H2,1,3-5H3,(H,35,36)(H,32,33,34);1-2H3/b8-6-,23-12+;. The van der Waals surface area contributed by atoms with Gasteiger partial charge >= 0.3 is 0 Å². The molecule has 0 saturated carbocycles. The Morgan fingerprint density at radius 1 is 1.07 bits per heavy atom. The third-order valence-electron chi connectivity index (χ3n) is 5.37. The number of anilines is 1. The Morgan fingerprint density at radius 3 is 2.37 bits per heavy atom. The summed E-state index contributed by atoms with van der Waals surface area (Å²) in [5.41, 5.74) is 5.69. The number of amides is 1. The molecule has 0 saturated heterocycles. The predicted molar refractivity (Wildman–Crippen MR) is 172 cm³/mol. The fourth-order valence-corrected chi connectivity index (χ4v) is 3.39. The summed E-state index contributed by atoms with van der Waals surface area (Å²) in [6.45, 7) is 11.8. The average Bonchev–Trinajstić information content (AvgIpc) is 2.97. The van der Waals surface area contributed by atoms with Crippen LogP contribution in [0, 0.1) is 0 Å². The van der Waals surface area contributed by atoms with Crippen LogP contribution in [0.5, 0.6) is 5.75 Å². The summed E-state index contributed by atoms with van der Waals surface area (Å²) in [4.78, 5) is 27.3. The van der Waals surface area contributed by atoms with Crippen molar-refractivity contribution in [2.75, 3.05) is 24.4 Å². The molecule has 7 nitrogen and oxygen atoms in total. The summed E-state index contributed by atoms with van der Waals surface area (Å²) in [5.74, 6) is 0.993. The van der Waals surface area contributed by atoms with Gasteiger partial charge in [-0.15, -0.1) is 0 Å². The maximum atomic E-state index is 13.0. The van der Waals surface area contributed by atoms with Gasteiger partial charge in [0.1, 0.15) is 30.5 Å². The van der Waals surface area contributed by atoms with E-state index in [-0.39, 0.29) is 5.91 Å². The molecule has 1 aromatic heterocycles. The number of carbonyl (C=O) groups excluding carboxylic acids is 1. The van der Waals surface area contributed by atoms with Crippen LogP contribution in [0.3, 0.4) is 0 Å². The summed E-state index contributed by atoms with van der Waals surface area (Å²) in [6, 6.07) is 18.7. The van der Waals surface area contributed by atoms with Gasteiger partial charge in [-0.1, -0.05) is 61.2 Å². The number of ether oxygens (including phenoxy) is 1. The Bertz CT molecular complexity index is 1270. The van der Waals surface area contributed by atoms with Crippen LogP contribution in [0.15, 0.2) is 103 Å². The monoisotopic (exact) mass is 574 g/mol. The molecule has 0 bridgehead atoms. The largest absolute Gasteiger partial charge is 0.489 e. The van der Waals surface area contributed by atoms with Crippen LogP contribution in [-0.2, 0) is 16.1 Å². The molecule has 2 aromatic carbocycles. The Labute approximate surface area is 249 Å². The summed E-state index contributed by atoms with van der Waals surface area (Å²) in [5, 5.41) is 3.25. The van der Waals surface area contributed by atoms with Gasteiger partial charge in [0.2, 0.25) is 0 Å². The lowest BCUT2D eigenvalue weighted by Gasteiger charge is -2.23. The molecule has 0 radical (unpaired) electrons. The zero-order chi connectivity index (χ0) is 30.1. The highest BCUT2D eigenvalue weighted by Crippen LogP contribution is 2.23. The van der Waals surface area contributed by atoms with Crippen molar-refractivity contribution in [3.63, 3.8) is 0 Å². The minimum absolute atomic E-state index is 0.284. The van der Waals surface area contributed by atoms with E-state index < -0.39 is 11.6 Å². The Kier molecular flexibility index (Phi) is 14.4. The quantitative estimate of drug-likeness (QED) is 0.177. The number of hydroxylamine groups is 1. The highest BCUT2D eigenvalue weighted by molar-refractivity contribution is 7.97. The summed E-state index contributed by atoms with van der Waals surface area (Å²) >= 11 is 1.75. The molecule has 0 fully saturated rings. The van der Waals surface area contributed by atoms with Crippen molar-refractivity contribution in [2.45, 2.75) is 45.8 Å². The molecule has 1 atom stereocenters. The van der Waals surface area contributed by atoms with E-state index >= 15 is 0 Å². The van der Waals surface area contributed by atoms with Crippen LogP contribution in [0.1, 0.15) is 33.3 Å².